The molecule has 1 saturated heterocycles. The van der Waals surface area contributed by atoms with E-state index in [0.29, 0.717) is 24.0 Å². The molecule has 0 unspecified atom stereocenters. The van der Waals surface area contributed by atoms with Crippen LogP contribution in [-0.2, 0) is 9.59 Å². The number of nitrogens with zero attached hydrogens (tertiary/aromatic N) is 1. The van der Waals surface area contributed by atoms with Gasteiger partial charge in [-0.2, -0.15) is 0 Å². The highest BCUT2D eigenvalue weighted by Crippen LogP contribution is 2.34. The number of nitrogens with one attached hydrogen (secondary N) is 2. The van der Waals surface area contributed by atoms with E-state index in [4.69, 9.17) is 4.74 Å². The highest BCUT2D eigenvalue weighted by atomic mass is 16.5. The Morgan fingerprint density at radius 2 is 2.04 bits per heavy atom. The fraction of sp³-hybridized carbons (Fsp3) is 0.636. The van der Waals surface area contributed by atoms with Crippen LogP contribution in [0, 0.1) is 11.8 Å². The van der Waals surface area contributed by atoms with Crippen molar-refractivity contribution in [2.24, 2.45) is 11.8 Å². The molecular weight excluding hydrogens is 354 g/mol. The number of hydrogen-bond donors (Lipinski definition) is 2. The number of rotatable bonds is 6. The van der Waals surface area contributed by atoms with Gasteiger partial charge < -0.3 is 20.3 Å². The lowest BCUT2D eigenvalue weighted by molar-refractivity contribution is -0.123. The van der Waals surface area contributed by atoms with Gasteiger partial charge in [-0.3, -0.25) is 9.59 Å². The Hall–Kier alpha value is -2.24. The van der Waals surface area contributed by atoms with E-state index in [9.17, 15) is 9.59 Å². The van der Waals surface area contributed by atoms with Crippen molar-refractivity contribution in [2.45, 2.75) is 65.0 Å². The zero-order valence-corrected chi connectivity index (χ0v) is 17.5. The summed E-state index contributed by atoms with van der Waals surface area (Å²) in [6.07, 6.45) is 4.92. The second kappa shape index (κ2) is 8.84. The average Bonchev–Trinajstić information content (AvgIpc) is 3.11. The molecule has 1 aliphatic carbocycles. The summed E-state index contributed by atoms with van der Waals surface area (Å²) in [7, 11) is 1.60. The Morgan fingerprint density at radius 3 is 2.71 bits per heavy atom. The third kappa shape index (κ3) is 4.42. The lowest BCUT2D eigenvalue weighted by Crippen LogP contribution is -2.48. The number of benzene rings is 1. The van der Waals surface area contributed by atoms with Crippen molar-refractivity contribution in [2.75, 3.05) is 23.9 Å². The van der Waals surface area contributed by atoms with Crippen molar-refractivity contribution >= 4 is 23.2 Å². The zero-order chi connectivity index (χ0) is 20.3. The summed E-state index contributed by atoms with van der Waals surface area (Å²) in [5.41, 5.74) is 1.60. The van der Waals surface area contributed by atoms with Crippen molar-refractivity contribution in [3.8, 4) is 5.75 Å². The Bertz CT molecular complexity index is 721. The SMILES string of the molecule is COc1cc(N[C@H](C)C(=O)N[C@@H]2CCC[C@@H](C)[C@@H]2C)ccc1N1CCCC1=O. The number of ether oxygens (including phenoxy) is 1. The molecular formula is C22H33N3O3. The number of carbonyl (C=O) groups is 2. The lowest BCUT2D eigenvalue weighted by Gasteiger charge is -2.35. The van der Waals surface area contributed by atoms with Crippen LogP contribution < -0.4 is 20.3 Å². The highest BCUT2D eigenvalue weighted by Gasteiger charge is 2.29. The van der Waals surface area contributed by atoms with Gasteiger partial charge in [0, 0.05) is 30.8 Å². The Balaban J connectivity index is 1.64. The number of hydrogen-bond acceptors (Lipinski definition) is 4. The molecule has 2 aliphatic rings. The van der Waals surface area contributed by atoms with E-state index >= 15 is 0 Å². The van der Waals surface area contributed by atoms with Crippen molar-refractivity contribution in [3.63, 3.8) is 0 Å². The minimum atomic E-state index is -0.353. The highest BCUT2D eigenvalue weighted by molar-refractivity contribution is 5.97. The molecule has 3 rings (SSSR count). The first kappa shape index (κ1) is 20.5. The second-order valence-corrected chi connectivity index (χ2v) is 8.28. The van der Waals surface area contributed by atoms with Crippen LogP contribution in [0.1, 0.15) is 52.9 Å². The van der Waals surface area contributed by atoms with Crippen molar-refractivity contribution in [1.29, 1.82) is 0 Å². The largest absolute Gasteiger partial charge is 0.494 e. The fourth-order valence-corrected chi connectivity index (χ4v) is 4.30. The standard InChI is InChI=1S/C22H33N3O3/c1-14-7-5-8-18(15(14)2)24-22(27)16(3)23-17-10-11-19(20(13-17)28-4)25-12-6-9-21(25)26/h10-11,13-16,18,23H,5-9,12H2,1-4H3,(H,24,27)/t14-,15+,16-,18-/m1/s1. The topological polar surface area (TPSA) is 70.7 Å². The van der Waals surface area contributed by atoms with Gasteiger partial charge in [0.15, 0.2) is 0 Å². The summed E-state index contributed by atoms with van der Waals surface area (Å²) in [5, 5.41) is 6.49. The van der Waals surface area contributed by atoms with Crippen LogP contribution >= 0.6 is 0 Å². The normalized spacial score (nSPS) is 26.1. The van der Waals surface area contributed by atoms with E-state index in [0.717, 1.165) is 30.8 Å². The Kier molecular flexibility index (Phi) is 6.47. The predicted octanol–water partition coefficient (Wildman–Crippen LogP) is 3.56. The summed E-state index contributed by atoms with van der Waals surface area (Å²) in [6, 6.07) is 5.54. The van der Waals surface area contributed by atoms with Crippen LogP contribution in [0.5, 0.6) is 5.75 Å². The van der Waals surface area contributed by atoms with Gasteiger partial charge in [-0.05, 0) is 43.7 Å². The van der Waals surface area contributed by atoms with Crippen molar-refractivity contribution in [1.82, 2.24) is 5.32 Å². The van der Waals surface area contributed by atoms with Gasteiger partial charge in [0.05, 0.1) is 12.8 Å². The van der Waals surface area contributed by atoms with Gasteiger partial charge in [0.2, 0.25) is 11.8 Å². The van der Waals surface area contributed by atoms with Crippen LogP contribution in [-0.4, -0.2) is 37.6 Å². The van der Waals surface area contributed by atoms with Crippen LogP contribution in [0.2, 0.25) is 0 Å². The summed E-state index contributed by atoms with van der Waals surface area (Å²) in [4.78, 5) is 26.5. The minimum Gasteiger partial charge on any atom is -0.494 e. The van der Waals surface area contributed by atoms with Gasteiger partial charge in [-0.25, -0.2) is 0 Å². The second-order valence-electron chi connectivity index (χ2n) is 8.28. The Labute approximate surface area is 168 Å². The molecule has 1 aromatic carbocycles. The van der Waals surface area contributed by atoms with E-state index in [2.05, 4.69) is 24.5 Å². The van der Waals surface area contributed by atoms with Gasteiger partial charge in [0.25, 0.3) is 0 Å². The molecule has 0 spiro atoms. The molecule has 1 saturated carbocycles. The van der Waals surface area contributed by atoms with E-state index < -0.39 is 0 Å². The quantitative estimate of drug-likeness (QED) is 0.783. The maximum atomic E-state index is 12.7. The number of anilines is 2. The molecule has 2 N–H and O–H groups in total. The molecule has 0 aromatic heterocycles. The molecule has 28 heavy (non-hydrogen) atoms. The number of methoxy groups -OCH3 is 1. The molecule has 6 nitrogen and oxygen atoms in total. The van der Waals surface area contributed by atoms with Crippen LogP contribution in [0.15, 0.2) is 18.2 Å². The maximum Gasteiger partial charge on any atom is 0.242 e. The molecule has 6 heteroatoms. The van der Waals surface area contributed by atoms with Crippen LogP contribution in [0.3, 0.4) is 0 Å². The number of amides is 2. The summed E-state index contributed by atoms with van der Waals surface area (Å²) < 4.78 is 5.50. The van der Waals surface area contributed by atoms with Gasteiger partial charge in [-0.1, -0.05) is 26.7 Å². The smallest absolute Gasteiger partial charge is 0.242 e. The summed E-state index contributed by atoms with van der Waals surface area (Å²) >= 11 is 0. The first-order chi connectivity index (χ1) is 13.4. The summed E-state index contributed by atoms with van der Waals surface area (Å²) in [5.74, 6) is 1.93. The van der Waals surface area contributed by atoms with E-state index in [1.54, 1.807) is 12.0 Å². The zero-order valence-electron chi connectivity index (χ0n) is 17.5. The van der Waals surface area contributed by atoms with Crippen LogP contribution in [0.25, 0.3) is 0 Å². The molecule has 1 aromatic rings. The van der Waals surface area contributed by atoms with Gasteiger partial charge in [-0.15, -0.1) is 0 Å². The lowest BCUT2D eigenvalue weighted by atomic mass is 9.78. The van der Waals surface area contributed by atoms with E-state index in [-0.39, 0.29) is 23.9 Å². The predicted molar refractivity (Wildman–Crippen MR) is 112 cm³/mol. The molecule has 0 radical (unpaired) electrons. The van der Waals surface area contributed by atoms with Gasteiger partial charge in [0.1, 0.15) is 11.8 Å². The summed E-state index contributed by atoms with van der Waals surface area (Å²) in [6.45, 7) is 7.09. The molecule has 4 atom stereocenters. The molecule has 0 bridgehead atoms. The molecule has 2 fully saturated rings. The third-order valence-electron chi connectivity index (χ3n) is 6.35. The van der Waals surface area contributed by atoms with E-state index in [1.807, 2.05) is 25.1 Å². The number of carbonyl (C=O) groups excluding carboxylic acids is 2. The average molecular weight is 388 g/mol. The molecule has 154 valence electrons. The third-order valence-corrected chi connectivity index (χ3v) is 6.35. The van der Waals surface area contributed by atoms with E-state index in [1.165, 1.54) is 12.8 Å². The minimum absolute atomic E-state index is 0.0173. The van der Waals surface area contributed by atoms with Gasteiger partial charge >= 0.3 is 0 Å². The first-order valence-corrected chi connectivity index (χ1v) is 10.5. The van der Waals surface area contributed by atoms with Crippen molar-refractivity contribution < 1.29 is 14.3 Å². The molecule has 2 amide bonds. The monoisotopic (exact) mass is 387 g/mol. The molecule has 1 aliphatic heterocycles. The maximum absolute atomic E-state index is 12.7. The Morgan fingerprint density at radius 1 is 1.25 bits per heavy atom. The van der Waals surface area contributed by atoms with Crippen molar-refractivity contribution in [3.05, 3.63) is 18.2 Å². The fourth-order valence-electron chi connectivity index (χ4n) is 4.30. The first-order valence-electron chi connectivity index (χ1n) is 10.5. The van der Waals surface area contributed by atoms with Crippen LogP contribution in [0.4, 0.5) is 11.4 Å². The molecule has 1 heterocycles.